The number of carbonyl (C=O) groups is 2. The van der Waals surface area contributed by atoms with Crippen molar-refractivity contribution in [3.8, 4) is 5.75 Å². The number of hydrogen-bond donors (Lipinski definition) is 1. The third kappa shape index (κ3) is 2.06. The second-order valence-electron chi connectivity index (χ2n) is 5.91. The van der Waals surface area contributed by atoms with Gasteiger partial charge in [-0.1, -0.05) is 36.4 Å². The van der Waals surface area contributed by atoms with Crippen LogP contribution in [0.5, 0.6) is 5.75 Å². The number of imide groups is 1. The minimum Gasteiger partial charge on any atom is -0.493 e. The fraction of sp³-hybridized carbons (Fsp3) is 0.222. The number of nitrogens with zero attached hydrogens (tertiary/aromatic N) is 1. The number of ether oxygens (including phenoxy) is 1. The predicted molar refractivity (Wildman–Crippen MR) is 83.7 cm³/mol. The Morgan fingerprint density at radius 3 is 2.71 bits per heavy atom. The first-order chi connectivity index (χ1) is 11.6. The predicted octanol–water partition coefficient (Wildman–Crippen LogP) is 2.56. The van der Waals surface area contributed by atoms with E-state index in [2.05, 4.69) is 5.32 Å². The molecule has 5 nitrogen and oxygen atoms in total. The smallest absolute Gasteiger partial charge is 0.325 e. The van der Waals surface area contributed by atoms with Gasteiger partial charge in [0.15, 0.2) is 5.54 Å². The molecule has 1 atom stereocenters. The Balaban J connectivity index is 1.71. The fourth-order valence-electron chi connectivity index (χ4n) is 3.31. The van der Waals surface area contributed by atoms with Crippen molar-refractivity contribution >= 4 is 11.9 Å². The molecule has 0 aliphatic carbocycles. The molecule has 3 amide bonds. The quantitative estimate of drug-likeness (QED) is 0.863. The lowest BCUT2D eigenvalue weighted by molar-refractivity contribution is -0.133. The van der Waals surface area contributed by atoms with Crippen molar-refractivity contribution in [3.63, 3.8) is 0 Å². The first kappa shape index (κ1) is 14.7. The van der Waals surface area contributed by atoms with E-state index >= 15 is 0 Å². The molecule has 6 heteroatoms. The molecule has 0 saturated carbocycles. The Morgan fingerprint density at radius 2 is 1.88 bits per heavy atom. The average molecular weight is 326 g/mol. The van der Waals surface area contributed by atoms with Gasteiger partial charge in [-0.05, 0) is 12.1 Å². The highest BCUT2D eigenvalue weighted by Gasteiger charge is 2.54. The highest BCUT2D eigenvalue weighted by molar-refractivity contribution is 6.07. The van der Waals surface area contributed by atoms with Crippen molar-refractivity contribution < 1.29 is 18.7 Å². The summed E-state index contributed by atoms with van der Waals surface area (Å²) in [6.45, 7) is 0.235. The number of fused-ring (bicyclic) bond motifs is 2. The van der Waals surface area contributed by atoms with Crippen molar-refractivity contribution in [2.75, 3.05) is 6.61 Å². The SMILES string of the molecule is O=C1N[C@]2(CCOc3ccccc32)C(=O)N1Cc1ccccc1F. The summed E-state index contributed by atoms with van der Waals surface area (Å²) in [6, 6.07) is 12.8. The topological polar surface area (TPSA) is 58.6 Å². The molecule has 0 bridgehead atoms. The van der Waals surface area contributed by atoms with Crippen molar-refractivity contribution in [1.82, 2.24) is 10.2 Å². The van der Waals surface area contributed by atoms with Crippen LogP contribution in [0.2, 0.25) is 0 Å². The molecule has 4 rings (SSSR count). The van der Waals surface area contributed by atoms with E-state index in [1.165, 1.54) is 6.07 Å². The average Bonchev–Trinajstić information content (AvgIpc) is 2.82. The number of benzene rings is 2. The number of para-hydroxylation sites is 1. The van der Waals surface area contributed by atoms with Crippen LogP contribution >= 0.6 is 0 Å². The molecule has 2 aromatic carbocycles. The second kappa shape index (κ2) is 5.33. The van der Waals surface area contributed by atoms with Crippen LogP contribution in [0.4, 0.5) is 9.18 Å². The Labute approximate surface area is 138 Å². The van der Waals surface area contributed by atoms with Gasteiger partial charge in [-0.2, -0.15) is 0 Å². The highest BCUT2D eigenvalue weighted by atomic mass is 19.1. The van der Waals surface area contributed by atoms with Crippen LogP contribution in [-0.2, 0) is 16.9 Å². The molecular formula is C18H15FN2O3. The standard InChI is InChI=1S/C18H15FN2O3/c19-14-7-3-1-5-12(14)11-21-16(22)18(20-17(21)23)9-10-24-15-8-4-2-6-13(15)18/h1-8H,9-11H2,(H,20,23)/t18-/m0/s1. The van der Waals surface area contributed by atoms with Crippen LogP contribution in [0.3, 0.4) is 0 Å². The summed E-state index contributed by atoms with van der Waals surface area (Å²) in [5.74, 6) is -0.219. The van der Waals surface area contributed by atoms with Crippen molar-refractivity contribution in [3.05, 3.63) is 65.5 Å². The van der Waals surface area contributed by atoms with Gasteiger partial charge < -0.3 is 10.1 Å². The summed E-state index contributed by atoms with van der Waals surface area (Å²) in [5.41, 5.74) is -0.180. The maximum Gasteiger partial charge on any atom is 0.325 e. The Bertz CT molecular complexity index is 839. The lowest BCUT2D eigenvalue weighted by Crippen LogP contribution is -2.47. The van der Waals surface area contributed by atoms with Gasteiger partial charge in [0, 0.05) is 17.5 Å². The van der Waals surface area contributed by atoms with Crippen LogP contribution in [-0.4, -0.2) is 23.4 Å². The molecule has 2 aliphatic rings. The molecular weight excluding hydrogens is 311 g/mol. The highest BCUT2D eigenvalue weighted by Crippen LogP contribution is 2.41. The maximum absolute atomic E-state index is 13.9. The van der Waals surface area contributed by atoms with Crippen LogP contribution < -0.4 is 10.1 Å². The summed E-state index contributed by atoms with van der Waals surface area (Å²) >= 11 is 0. The van der Waals surface area contributed by atoms with E-state index in [0.717, 1.165) is 4.90 Å². The fourth-order valence-corrected chi connectivity index (χ4v) is 3.31. The van der Waals surface area contributed by atoms with Gasteiger partial charge in [-0.3, -0.25) is 9.69 Å². The van der Waals surface area contributed by atoms with Gasteiger partial charge in [-0.25, -0.2) is 9.18 Å². The molecule has 1 saturated heterocycles. The number of carbonyl (C=O) groups excluding carboxylic acids is 2. The van der Waals surface area contributed by atoms with Gasteiger partial charge in [0.1, 0.15) is 11.6 Å². The second-order valence-corrected chi connectivity index (χ2v) is 5.91. The number of amides is 3. The number of halogens is 1. The largest absolute Gasteiger partial charge is 0.493 e. The van der Waals surface area contributed by atoms with E-state index in [9.17, 15) is 14.0 Å². The summed E-state index contributed by atoms with van der Waals surface area (Å²) in [5, 5.41) is 2.80. The zero-order chi connectivity index (χ0) is 16.7. The molecule has 2 aromatic rings. The Morgan fingerprint density at radius 1 is 1.12 bits per heavy atom. The normalized spacial score (nSPS) is 22.3. The lowest BCUT2D eigenvalue weighted by Gasteiger charge is -2.33. The molecule has 2 heterocycles. The molecule has 0 aromatic heterocycles. The van der Waals surface area contributed by atoms with Crippen LogP contribution in [0.1, 0.15) is 17.5 Å². The van der Waals surface area contributed by atoms with E-state index in [1.807, 2.05) is 6.07 Å². The van der Waals surface area contributed by atoms with Gasteiger partial charge in [0.05, 0.1) is 13.2 Å². The van der Waals surface area contributed by atoms with Gasteiger partial charge in [-0.15, -0.1) is 0 Å². The van der Waals surface area contributed by atoms with E-state index < -0.39 is 17.4 Å². The van der Waals surface area contributed by atoms with E-state index in [1.54, 1.807) is 36.4 Å². The minimum atomic E-state index is -1.13. The van der Waals surface area contributed by atoms with Crippen molar-refractivity contribution in [2.24, 2.45) is 0 Å². The molecule has 1 spiro atoms. The van der Waals surface area contributed by atoms with Crippen LogP contribution in [0.25, 0.3) is 0 Å². The Kier molecular flexibility index (Phi) is 3.26. The number of rotatable bonds is 2. The molecule has 24 heavy (non-hydrogen) atoms. The van der Waals surface area contributed by atoms with E-state index in [4.69, 9.17) is 4.74 Å². The summed E-state index contributed by atoms with van der Waals surface area (Å²) in [6.07, 6.45) is 0.350. The number of nitrogens with one attached hydrogen (secondary N) is 1. The Hall–Kier alpha value is -2.89. The molecule has 122 valence electrons. The van der Waals surface area contributed by atoms with E-state index in [0.29, 0.717) is 29.9 Å². The van der Waals surface area contributed by atoms with Crippen LogP contribution in [0, 0.1) is 5.82 Å². The lowest BCUT2D eigenvalue weighted by atomic mass is 9.84. The zero-order valence-electron chi connectivity index (χ0n) is 12.8. The molecule has 1 N–H and O–H groups in total. The summed E-state index contributed by atoms with van der Waals surface area (Å²) in [7, 11) is 0. The first-order valence-corrected chi connectivity index (χ1v) is 7.72. The number of hydrogen-bond acceptors (Lipinski definition) is 3. The van der Waals surface area contributed by atoms with Gasteiger partial charge >= 0.3 is 6.03 Å². The first-order valence-electron chi connectivity index (χ1n) is 7.72. The molecule has 1 fully saturated rings. The summed E-state index contributed by atoms with van der Waals surface area (Å²) < 4.78 is 19.5. The zero-order valence-corrected chi connectivity index (χ0v) is 12.8. The van der Waals surface area contributed by atoms with E-state index in [-0.39, 0.29) is 12.5 Å². The third-order valence-electron chi connectivity index (χ3n) is 4.54. The van der Waals surface area contributed by atoms with Crippen LogP contribution in [0.15, 0.2) is 48.5 Å². The van der Waals surface area contributed by atoms with Crippen molar-refractivity contribution in [1.29, 1.82) is 0 Å². The molecule has 0 radical (unpaired) electrons. The van der Waals surface area contributed by atoms with Crippen molar-refractivity contribution in [2.45, 2.75) is 18.5 Å². The minimum absolute atomic E-state index is 0.0951. The molecule has 2 aliphatic heterocycles. The number of urea groups is 1. The monoisotopic (exact) mass is 326 g/mol. The molecule has 0 unspecified atom stereocenters. The van der Waals surface area contributed by atoms with Gasteiger partial charge in [0.25, 0.3) is 5.91 Å². The summed E-state index contributed by atoms with van der Waals surface area (Å²) in [4.78, 5) is 26.5. The maximum atomic E-state index is 13.9. The van der Waals surface area contributed by atoms with Gasteiger partial charge in [0.2, 0.25) is 0 Å². The third-order valence-corrected chi connectivity index (χ3v) is 4.54.